The molecule has 0 radical (unpaired) electrons. The third kappa shape index (κ3) is 2.55. The van der Waals surface area contributed by atoms with Crippen molar-refractivity contribution < 1.29 is 4.74 Å². The van der Waals surface area contributed by atoms with Crippen LogP contribution in [0.3, 0.4) is 0 Å². The van der Waals surface area contributed by atoms with Crippen LogP contribution in [0.4, 0.5) is 0 Å². The largest absolute Gasteiger partial charge is 0.493 e. The molecule has 0 saturated carbocycles. The normalized spacial score (nSPS) is 17.7. The number of ether oxygens (including phenoxy) is 1. The van der Waals surface area contributed by atoms with Crippen LogP contribution in [-0.2, 0) is 19.4 Å². The van der Waals surface area contributed by atoms with E-state index in [0.717, 1.165) is 49.7 Å². The minimum atomic E-state index is 0.301. The Morgan fingerprint density at radius 2 is 2.22 bits per heavy atom. The van der Waals surface area contributed by atoms with Gasteiger partial charge in [0.05, 0.1) is 24.2 Å². The highest BCUT2D eigenvalue weighted by Gasteiger charge is 2.25. The van der Waals surface area contributed by atoms with E-state index in [-0.39, 0.29) is 0 Å². The van der Waals surface area contributed by atoms with Gasteiger partial charge in [0, 0.05) is 32.0 Å². The number of nitriles is 1. The number of rotatable bonds is 2. The maximum Gasteiger partial charge on any atom is 0.159 e. The first-order chi connectivity index (χ1) is 11.2. The average molecular weight is 306 g/mol. The van der Waals surface area contributed by atoms with Gasteiger partial charge in [-0.1, -0.05) is 12.1 Å². The number of hydrogen-bond acceptors (Lipinski definition) is 5. The molecule has 4 rings (SSSR count). The second-order valence-electron chi connectivity index (χ2n) is 6.12. The number of fused-ring (bicyclic) bond motifs is 2. The van der Waals surface area contributed by atoms with Gasteiger partial charge in [-0.25, -0.2) is 4.98 Å². The number of aromatic nitrogens is 2. The molecule has 0 unspecified atom stereocenters. The average Bonchev–Trinajstić information content (AvgIpc) is 3.07. The van der Waals surface area contributed by atoms with Crippen molar-refractivity contribution in [3.8, 4) is 11.8 Å². The summed E-state index contributed by atoms with van der Waals surface area (Å²) in [5.74, 6) is 1.03. The summed E-state index contributed by atoms with van der Waals surface area (Å²) in [7, 11) is 0. The molecular weight excluding hydrogens is 288 g/mol. The van der Waals surface area contributed by atoms with Crippen LogP contribution in [0.5, 0.6) is 5.75 Å². The van der Waals surface area contributed by atoms with Gasteiger partial charge < -0.3 is 4.74 Å². The van der Waals surface area contributed by atoms with Gasteiger partial charge in [0.15, 0.2) is 5.69 Å². The van der Waals surface area contributed by atoms with Crippen molar-refractivity contribution in [1.29, 1.82) is 5.26 Å². The molecule has 0 amide bonds. The molecule has 2 aromatic rings. The minimum absolute atomic E-state index is 0.301. The molecule has 0 fully saturated rings. The Bertz CT molecular complexity index is 796. The van der Waals surface area contributed by atoms with Crippen LogP contribution in [0.25, 0.3) is 0 Å². The number of benzene rings is 1. The number of nitrogens with zero attached hydrogens (tertiary/aromatic N) is 4. The van der Waals surface area contributed by atoms with Crippen molar-refractivity contribution in [3.63, 3.8) is 0 Å². The molecule has 3 heterocycles. The molecule has 23 heavy (non-hydrogen) atoms. The Morgan fingerprint density at radius 3 is 3.09 bits per heavy atom. The van der Waals surface area contributed by atoms with Gasteiger partial charge in [-0.2, -0.15) is 5.26 Å². The van der Waals surface area contributed by atoms with Crippen LogP contribution >= 0.6 is 0 Å². The molecule has 0 saturated heterocycles. The first kappa shape index (κ1) is 14.2. The Hall–Kier alpha value is -2.45. The molecule has 0 aliphatic carbocycles. The van der Waals surface area contributed by atoms with E-state index < -0.39 is 0 Å². The van der Waals surface area contributed by atoms with E-state index in [2.05, 4.69) is 46.1 Å². The highest BCUT2D eigenvalue weighted by atomic mass is 16.5. The van der Waals surface area contributed by atoms with E-state index >= 15 is 0 Å². The summed E-state index contributed by atoms with van der Waals surface area (Å²) in [4.78, 5) is 11.2. The molecule has 5 nitrogen and oxygen atoms in total. The molecule has 0 N–H and O–H groups in total. The Kier molecular flexibility index (Phi) is 3.47. The molecule has 1 aromatic carbocycles. The Morgan fingerprint density at radius 1 is 1.30 bits per heavy atom. The second kappa shape index (κ2) is 5.64. The summed E-state index contributed by atoms with van der Waals surface area (Å²) in [6.45, 7) is 4.71. The predicted octanol–water partition coefficient (Wildman–Crippen LogP) is 2.40. The zero-order valence-electron chi connectivity index (χ0n) is 13.1. The van der Waals surface area contributed by atoms with Crippen molar-refractivity contribution in [1.82, 2.24) is 14.9 Å². The van der Waals surface area contributed by atoms with E-state index in [1.54, 1.807) is 6.20 Å². The molecule has 116 valence electrons. The second-order valence-corrected chi connectivity index (χ2v) is 6.12. The quantitative estimate of drug-likeness (QED) is 0.852. The van der Waals surface area contributed by atoms with E-state index in [4.69, 9.17) is 10.00 Å². The summed E-state index contributed by atoms with van der Waals surface area (Å²) in [6.07, 6.45) is 3.41. The lowest BCUT2D eigenvalue weighted by molar-refractivity contribution is 0.187. The highest BCUT2D eigenvalue weighted by Crippen LogP contribution is 2.32. The molecule has 2 aliphatic heterocycles. The Balaban J connectivity index is 1.56. The maximum atomic E-state index is 8.93. The fraction of sp³-hybridized carbons (Fsp3) is 0.389. The van der Waals surface area contributed by atoms with E-state index in [0.29, 0.717) is 11.7 Å². The summed E-state index contributed by atoms with van der Waals surface area (Å²) in [5, 5.41) is 8.93. The first-order valence-electron chi connectivity index (χ1n) is 7.99. The predicted molar refractivity (Wildman–Crippen MR) is 84.9 cm³/mol. The van der Waals surface area contributed by atoms with Gasteiger partial charge in [-0.15, -0.1) is 0 Å². The lowest BCUT2D eigenvalue weighted by Crippen LogP contribution is -2.34. The third-order valence-electron chi connectivity index (χ3n) is 4.78. The molecule has 0 spiro atoms. The lowest BCUT2D eigenvalue weighted by Gasteiger charge is -2.33. The fourth-order valence-electron chi connectivity index (χ4n) is 3.34. The summed E-state index contributed by atoms with van der Waals surface area (Å²) >= 11 is 0. The molecule has 1 atom stereocenters. The van der Waals surface area contributed by atoms with Crippen molar-refractivity contribution in [2.75, 3.05) is 13.2 Å². The standard InChI is InChI=1S/C18H18N4O/c1-12(14-3-2-13-5-7-23-18(13)8-14)22-6-4-16-17(11-22)20-10-15(9-19)21-16/h2-3,8,10,12H,4-7,11H2,1H3/t12-/m0/s1. The van der Waals surface area contributed by atoms with Gasteiger partial charge in [-0.05, 0) is 24.1 Å². The molecule has 0 bridgehead atoms. The molecule has 2 aliphatic rings. The van der Waals surface area contributed by atoms with Crippen LogP contribution < -0.4 is 4.74 Å². The summed E-state index contributed by atoms with van der Waals surface area (Å²) in [6, 6.07) is 8.93. The maximum absolute atomic E-state index is 8.93. The van der Waals surface area contributed by atoms with Gasteiger partial charge in [-0.3, -0.25) is 9.88 Å². The summed E-state index contributed by atoms with van der Waals surface area (Å²) in [5.41, 5.74) is 4.93. The van der Waals surface area contributed by atoms with Gasteiger partial charge >= 0.3 is 0 Å². The van der Waals surface area contributed by atoms with Crippen molar-refractivity contribution in [3.05, 3.63) is 52.6 Å². The van der Waals surface area contributed by atoms with Gasteiger partial charge in [0.25, 0.3) is 0 Å². The molecule has 1 aromatic heterocycles. The monoisotopic (exact) mass is 306 g/mol. The van der Waals surface area contributed by atoms with Gasteiger partial charge in [0.2, 0.25) is 0 Å². The molecule has 5 heteroatoms. The molecular formula is C18H18N4O. The fourth-order valence-corrected chi connectivity index (χ4v) is 3.34. The van der Waals surface area contributed by atoms with E-state index in [1.807, 2.05) is 0 Å². The van der Waals surface area contributed by atoms with Crippen LogP contribution in [-0.4, -0.2) is 28.0 Å². The van der Waals surface area contributed by atoms with Crippen molar-refractivity contribution in [2.24, 2.45) is 0 Å². The zero-order valence-corrected chi connectivity index (χ0v) is 13.1. The Labute approximate surface area is 135 Å². The topological polar surface area (TPSA) is 62.0 Å². The third-order valence-corrected chi connectivity index (χ3v) is 4.78. The zero-order chi connectivity index (χ0) is 15.8. The summed E-state index contributed by atoms with van der Waals surface area (Å²) < 4.78 is 5.69. The van der Waals surface area contributed by atoms with Crippen LogP contribution in [0.15, 0.2) is 24.4 Å². The van der Waals surface area contributed by atoms with Crippen molar-refractivity contribution in [2.45, 2.75) is 32.4 Å². The van der Waals surface area contributed by atoms with Crippen LogP contribution in [0, 0.1) is 11.3 Å². The van der Waals surface area contributed by atoms with Gasteiger partial charge in [0.1, 0.15) is 11.8 Å². The highest BCUT2D eigenvalue weighted by molar-refractivity contribution is 5.41. The van der Waals surface area contributed by atoms with Crippen molar-refractivity contribution >= 4 is 0 Å². The van der Waals surface area contributed by atoms with E-state index in [9.17, 15) is 0 Å². The van der Waals surface area contributed by atoms with Crippen LogP contribution in [0.2, 0.25) is 0 Å². The first-order valence-corrected chi connectivity index (χ1v) is 7.99. The lowest BCUT2D eigenvalue weighted by atomic mass is 10.0. The van der Waals surface area contributed by atoms with E-state index in [1.165, 1.54) is 11.1 Å². The van der Waals surface area contributed by atoms with Crippen LogP contribution in [0.1, 0.15) is 41.2 Å². The smallest absolute Gasteiger partial charge is 0.159 e. The minimum Gasteiger partial charge on any atom is -0.493 e. The number of hydrogen-bond donors (Lipinski definition) is 0. The SMILES string of the molecule is C[C@@H](c1ccc2c(c1)OCC2)N1CCc2nc(C#N)cnc2C1.